The third-order valence-corrected chi connectivity index (χ3v) is 6.24. The topological polar surface area (TPSA) is 43.1 Å². The predicted molar refractivity (Wildman–Crippen MR) is 109 cm³/mol. The smallest absolute Gasteiger partial charge is 0.248 e. The molecule has 0 saturated heterocycles. The van der Waals surface area contributed by atoms with Gasteiger partial charge in [-0.3, -0.25) is 4.79 Å². The van der Waals surface area contributed by atoms with Crippen molar-refractivity contribution in [1.29, 1.82) is 0 Å². The summed E-state index contributed by atoms with van der Waals surface area (Å²) in [6, 6.07) is 10.8. The van der Waals surface area contributed by atoms with Crippen molar-refractivity contribution >= 4 is 5.91 Å². The van der Waals surface area contributed by atoms with Crippen LogP contribution in [0.2, 0.25) is 0 Å². The van der Waals surface area contributed by atoms with Gasteiger partial charge in [0.25, 0.3) is 0 Å². The maximum absolute atomic E-state index is 14.7. The first-order valence-electron chi connectivity index (χ1n) is 9.95. The molecule has 2 nitrogen and oxygen atoms in total. The number of rotatable bonds is 5. The van der Waals surface area contributed by atoms with Crippen LogP contribution in [0.5, 0.6) is 0 Å². The van der Waals surface area contributed by atoms with Gasteiger partial charge in [0.2, 0.25) is 5.91 Å². The maximum Gasteiger partial charge on any atom is 0.248 e. The second-order valence-corrected chi connectivity index (χ2v) is 8.79. The van der Waals surface area contributed by atoms with Gasteiger partial charge in [0.15, 0.2) is 0 Å². The molecule has 3 heteroatoms. The highest BCUT2D eigenvalue weighted by Crippen LogP contribution is 2.39. The van der Waals surface area contributed by atoms with Crippen molar-refractivity contribution < 1.29 is 9.18 Å². The second kappa shape index (κ2) is 7.84. The Balaban J connectivity index is 1.71. The SMILES string of the molecule is Cc1c(C(N)=O)cccc1-c1ccc(CCC2CCC(C)(C)CC2)c(F)c1. The molecule has 0 unspecified atom stereocenters. The van der Waals surface area contributed by atoms with E-state index in [9.17, 15) is 9.18 Å². The Hall–Kier alpha value is -2.16. The summed E-state index contributed by atoms with van der Waals surface area (Å²) in [4.78, 5) is 11.6. The van der Waals surface area contributed by atoms with Crippen LogP contribution in [0.3, 0.4) is 0 Å². The summed E-state index contributed by atoms with van der Waals surface area (Å²) in [6.45, 7) is 6.54. The Morgan fingerprint density at radius 3 is 2.52 bits per heavy atom. The van der Waals surface area contributed by atoms with Crippen molar-refractivity contribution in [1.82, 2.24) is 0 Å². The fourth-order valence-corrected chi connectivity index (χ4v) is 4.24. The van der Waals surface area contributed by atoms with E-state index < -0.39 is 5.91 Å². The lowest BCUT2D eigenvalue weighted by Gasteiger charge is -2.34. The summed E-state index contributed by atoms with van der Waals surface area (Å²) < 4.78 is 14.7. The van der Waals surface area contributed by atoms with E-state index in [1.54, 1.807) is 18.2 Å². The Morgan fingerprint density at radius 1 is 1.19 bits per heavy atom. The van der Waals surface area contributed by atoms with Gasteiger partial charge in [-0.25, -0.2) is 4.39 Å². The summed E-state index contributed by atoms with van der Waals surface area (Å²) in [6.07, 6.45) is 6.90. The monoisotopic (exact) mass is 367 g/mol. The van der Waals surface area contributed by atoms with E-state index in [4.69, 9.17) is 5.73 Å². The van der Waals surface area contributed by atoms with Crippen molar-refractivity contribution in [2.24, 2.45) is 17.1 Å². The molecule has 0 heterocycles. The Morgan fingerprint density at radius 2 is 1.89 bits per heavy atom. The van der Waals surface area contributed by atoms with Crippen molar-refractivity contribution in [3.63, 3.8) is 0 Å². The molecular formula is C24H30FNO. The molecule has 0 aliphatic heterocycles. The first-order valence-corrected chi connectivity index (χ1v) is 9.95. The van der Waals surface area contributed by atoms with Crippen molar-refractivity contribution in [2.45, 2.75) is 59.3 Å². The molecule has 27 heavy (non-hydrogen) atoms. The third kappa shape index (κ3) is 4.58. The van der Waals surface area contributed by atoms with Crippen LogP contribution in [0.25, 0.3) is 11.1 Å². The highest BCUT2D eigenvalue weighted by atomic mass is 19.1. The highest BCUT2D eigenvalue weighted by Gasteiger charge is 2.26. The summed E-state index contributed by atoms with van der Waals surface area (Å²) in [7, 11) is 0. The van der Waals surface area contributed by atoms with Crippen molar-refractivity contribution in [2.75, 3.05) is 0 Å². The summed E-state index contributed by atoms with van der Waals surface area (Å²) in [5.41, 5.74) is 9.61. The molecular weight excluding hydrogens is 337 g/mol. The lowest BCUT2D eigenvalue weighted by molar-refractivity contribution is 0.0999. The summed E-state index contributed by atoms with van der Waals surface area (Å²) in [5, 5.41) is 0. The normalized spacial score (nSPS) is 17.0. The van der Waals surface area contributed by atoms with E-state index in [2.05, 4.69) is 13.8 Å². The van der Waals surface area contributed by atoms with Crippen LogP contribution in [-0.2, 0) is 6.42 Å². The molecule has 2 aromatic carbocycles. The first kappa shape index (κ1) is 19.6. The number of amides is 1. The fourth-order valence-electron chi connectivity index (χ4n) is 4.24. The van der Waals surface area contributed by atoms with Crippen LogP contribution in [0.1, 0.15) is 67.4 Å². The fraction of sp³-hybridized carbons (Fsp3) is 0.458. The number of primary amides is 1. The van der Waals surface area contributed by atoms with Gasteiger partial charge < -0.3 is 5.73 Å². The van der Waals surface area contributed by atoms with Crippen LogP contribution in [0.4, 0.5) is 4.39 Å². The van der Waals surface area contributed by atoms with Crippen molar-refractivity contribution in [3.05, 3.63) is 58.9 Å². The molecule has 2 N–H and O–H groups in total. The lowest BCUT2D eigenvalue weighted by Crippen LogP contribution is -2.21. The molecule has 1 aliphatic rings. The number of carbonyl (C=O) groups excluding carboxylic acids is 1. The zero-order valence-corrected chi connectivity index (χ0v) is 16.6. The van der Waals surface area contributed by atoms with Crippen LogP contribution in [0.15, 0.2) is 36.4 Å². The number of hydrogen-bond donors (Lipinski definition) is 1. The molecule has 0 bridgehead atoms. The van der Waals surface area contributed by atoms with E-state index in [1.807, 2.05) is 25.1 Å². The van der Waals surface area contributed by atoms with E-state index in [0.29, 0.717) is 16.9 Å². The Bertz CT molecular complexity index is 830. The van der Waals surface area contributed by atoms with Crippen LogP contribution >= 0.6 is 0 Å². The largest absolute Gasteiger partial charge is 0.366 e. The van der Waals surface area contributed by atoms with Gasteiger partial charge in [0, 0.05) is 5.56 Å². The average Bonchev–Trinajstić information content (AvgIpc) is 2.61. The van der Waals surface area contributed by atoms with Crippen LogP contribution < -0.4 is 5.73 Å². The lowest BCUT2D eigenvalue weighted by atomic mass is 9.72. The van der Waals surface area contributed by atoms with E-state index in [0.717, 1.165) is 35.1 Å². The number of nitrogens with two attached hydrogens (primary N) is 1. The van der Waals surface area contributed by atoms with E-state index in [-0.39, 0.29) is 5.82 Å². The first-order chi connectivity index (χ1) is 12.8. The summed E-state index contributed by atoms with van der Waals surface area (Å²) >= 11 is 0. The molecule has 1 amide bonds. The third-order valence-electron chi connectivity index (χ3n) is 6.24. The standard InChI is InChI=1S/C24H30FNO/c1-16-20(5-4-6-21(16)23(26)27)19-10-9-18(22(25)15-19)8-7-17-11-13-24(2,3)14-12-17/h4-6,9-10,15,17H,7-8,11-14H2,1-3H3,(H2,26,27). The number of aryl methyl sites for hydroxylation is 1. The average molecular weight is 368 g/mol. The van der Waals surface area contributed by atoms with Gasteiger partial charge in [0.1, 0.15) is 5.82 Å². The Labute approximate surface area is 162 Å². The number of hydrogen-bond acceptors (Lipinski definition) is 1. The summed E-state index contributed by atoms with van der Waals surface area (Å²) in [5.74, 6) is 0.0983. The predicted octanol–water partition coefficient (Wildman–Crippen LogP) is 6.05. The van der Waals surface area contributed by atoms with Gasteiger partial charge in [-0.1, -0.05) is 38.1 Å². The van der Waals surface area contributed by atoms with Gasteiger partial charge in [0.05, 0.1) is 0 Å². The molecule has 0 radical (unpaired) electrons. The van der Waals surface area contributed by atoms with Gasteiger partial charge in [-0.15, -0.1) is 0 Å². The molecule has 1 fully saturated rings. The molecule has 0 atom stereocenters. The molecule has 1 saturated carbocycles. The van der Waals surface area contributed by atoms with E-state index in [1.165, 1.54) is 25.7 Å². The minimum atomic E-state index is -0.456. The van der Waals surface area contributed by atoms with Gasteiger partial charge in [-0.05, 0) is 91.2 Å². The molecule has 0 spiro atoms. The molecule has 1 aliphatic carbocycles. The van der Waals surface area contributed by atoms with Crippen LogP contribution in [0, 0.1) is 24.1 Å². The highest BCUT2D eigenvalue weighted by molar-refractivity contribution is 5.96. The van der Waals surface area contributed by atoms with Gasteiger partial charge >= 0.3 is 0 Å². The number of benzene rings is 2. The van der Waals surface area contributed by atoms with E-state index >= 15 is 0 Å². The zero-order valence-electron chi connectivity index (χ0n) is 16.6. The minimum absolute atomic E-state index is 0.160. The Kier molecular flexibility index (Phi) is 5.69. The molecule has 0 aromatic heterocycles. The second-order valence-electron chi connectivity index (χ2n) is 8.79. The van der Waals surface area contributed by atoms with Crippen LogP contribution in [-0.4, -0.2) is 5.91 Å². The number of halogens is 1. The minimum Gasteiger partial charge on any atom is -0.366 e. The maximum atomic E-state index is 14.7. The molecule has 2 aromatic rings. The number of carbonyl (C=O) groups is 1. The zero-order chi connectivity index (χ0) is 19.6. The molecule has 3 rings (SSSR count). The molecule has 144 valence electrons. The van der Waals surface area contributed by atoms with Crippen molar-refractivity contribution in [3.8, 4) is 11.1 Å². The quantitative estimate of drug-likeness (QED) is 0.687. The van der Waals surface area contributed by atoms with Gasteiger partial charge in [-0.2, -0.15) is 0 Å².